The Morgan fingerprint density at radius 1 is 1.47 bits per heavy atom. The molecule has 0 saturated carbocycles. The molecule has 8 nitrogen and oxygen atoms in total. The van der Waals surface area contributed by atoms with Crippen molar-refractivity contribution in [2.45, 2.75) is 23.7 Å². The molecule has 0 fully saturated rings. The van der Waals surface area contributed by atoms with E-state index in [0.29, 0.717) is 21.7 Å². The predicted molar refractivity (Wildman–Crippen MR) is 66.7 cm³/mol. The van der Waals surface area contributed by atoms with Gasteiger partial charge in [0.05, 0.1) is 4.92 Å². The Hall–Kier alpha value is -2.00. The lowest BCUT2D eigenvalue weighted by atomic mass is 10.3. The molecular weight excluding hydrogens is 270 g/mol. The highest BCUT2D eigenvalue weighted by atomic mass is 32.2. The Kier molecular flexibility index (Phi) is 3.76. The molecule has 9 heteroatoms. The number of aliphatic hydroxyl groups excluding tert-OH is 1. The van der Waals surface area contributed by atoms with Gasteiger partial charge in [-0.15, -0.1) is 10.2 Å². The molecule has 0 aliphatic rings. The molecular formula is C10H11N5O3S. The normalized spacial score (nSPS) is 10.7. The summed E-state index contributed by atoms with van der Waals surface area (Å²) < 4.78 is 1.64. The zero-order valence-electron chi connectivity index (χ0n) is 10.3. The molecule has 0 saturated heterocycles. The van der Waals surface area contributed by atoms with Crippen LogP contribution in [0.5, 0.6) is 0 Å². The van der Waals surface area contributed by atoms with Gasteiger partial charge in [-0.05, 0) is 24.8 Å². The molecule has 0 aromatic carbocycles. The Morgan fingerprint density at radius 3 is 2.74 bits per heavy atom. The van der Waals surface area contributed by atoms with Crippen LogP contribution in [0.4, 0.5) is 5.69 Å². The van der Waals surface area contributed by atoms with Crippen molar-refractivity contribution in [1.29, 1.82) is 0 Å². The number of nitro groups is 1. The first kappa shape index (κ1) is 13.4. The molecule has 0 radical (unpaired) electrons. The van der Waals surface area contributed by atoms with Crippen LogP contribution >= 0.6 is 11.8 Å². The number of pyridine rings is 1. The van der Waals surface area contributed by atoms with Gasteiger partial charge in [0.25, 0.3) is 5.69 Å². The zero-order valence-corrected chi connectivity index (χ0v) is 11.1. The Balaban J connectivity index is 2.26. The second-order valence-corrected chi connectivity index (χ2v) is 4.72. The van der Waals surface area contributed by atoms with Gasteiger partial charge < -0.3 is 9.67 Å². The molecule has 1 N–H and O–H groups in total. The maximum Gasteiger partial charge on any atom is 0.290 e. The third-order valence-electron chi connectivity index (χ3n) is 2.49. The van der Waals surface area contributed by atoms with Gasteiger partial charge in [-0.3, -0.25) is 10.1 Å². The van der Waals surface area contributed by atoms with Crippen molar-refractivity contribution >= 4 is 17.4 Å². The molecule has 0 aliphatic heterocycles. The van der Waals surface area contributed by atoms with E-state index in [1.54, 1.807) is 24.6 Å². The van der Waals surface area contributed by atoms with Crippen molar-refractivity contribution < 1.29 is 10.0 Å². The lowest BCUT2D eigenvalue weighted by molar-refractivity contribution is -0.385. The summed E-state index contributed by atoms with van der Waals surface area (Å²) >= 11 is 1.23. The van der Waals surface area contributed by atoms with Crippen LogP contribution in [0.15, 0.2) is 22.3 Å². The molecule has 0 unspecified atom stereocenters. The van der Waals surface area contributed by atoms with Crippen LogP contribution in [0.25, 0.3) is 0 Å². The Morgan fingerprint density at radius 2 is 2.21 bits per heavy atom. The molecule has 0 amide bonds. The highest BCUT2D eigenvalue weighted by Gasteiger charge is 2.14. The molecule has 2 aromatic rings. The summed E-state index contributed by atoms with van der Waals surface area (Å²) in [7, 11) is 1.73. The predicted octanol–water partition coefficient (Wildman–Crippen LogP) is 1.07. The minimum Gasteiger partial charge on any atom is -0.388 e. The summed E-state index contributed by atoms with van der Waals surface area (Å²) in [6, 6.07) is 2.97. The van der Waals surface area contributed by atoms with E-state index in [1.165, 1.54) is 17.8 Å². The van der Waals surface area contributed by atoms with Gasteiger partial charge in [0, 0.05) is 13.1 Å². The van der Waals surface area contributed by atoms with Crippen LogP contribution in [0, 0.1) is 17.0 Å². The van der Waals surface area contributed by atoms with E-state index in [4.69, 9.17) is 5.11 Å². The summed E-state index contributed by atoms with van der Waals surface area (Å²) in [5.74, 6) is 0.445. The maximum atomic E-state index is 10.7. The van der Waals surface area contributed by atoms with E-state index in [2.05, 4.69) is 15.2 Å². The van der Waals surface area contributed by atoms with Crippen molar-refractivity contribution in [1.82, 2.24) is 19.7 Å². The van der Waals surface area contributed by atoms with Crippen LogP contribution in [-0.2, 0) is 13.7 Å². The highest BCUT2D eigenvalue weighted by Crippen LogP contribution is 2.27. The second kappa shape index (κ2) is 5.33. The van der Waals surface area contributed by atoms with Crippen LogP contribution < -0.4 is 0 Å². The van der Waals surface area contributed by atoms with E-state index in [9.17, 15) is 10.1 Å². The summed E-state index contributed by atoms with van der Waals surface area (Å²) in [5, 5.41) is 28.6. The monoisotopic (exact) mass is 281 g/mol. The fraction of sp³-hybridized carbons (Fsp3) is 0.300. The molecule has 19 heavy (non-hydrogen) atoms. The van der Waals surface area contributed by atoms with Gasteiger partial charge in [0.15, 0.2) is 11.0 Å². The average Bonchev–Trinajstić information content (AvgIpc) is 2.70. The van der Waals surface area contributed by atoms with Crippen molar-refractivity contribution in [3.8, 4) is 0 Å². The van der Waals surface area contributed by atoms with Crippen molar-refractivity contribution in [3.63, 3.8) is 0 Å². The molecule has 0 atom stereocenters. The third kappa shape index (κ3) is 2.71. The molecule has 0 bridgehead atoms. The van der Waals surface area contributed by atoms with Crippen molar-refractivity contribution in [2.75, 3.05) is 0 Å². The van der Waals surface area contributed by atoms with Gasteiger partial charge in [-0.25, -0.2) is 4.98 Å². The first-order valence-electron chi connectivity index (χ1n) is 5.32. The van der Waals surface area contributed by atoms with E-state index >= 15 is 0 Å². The lowest BCUT2D eigenvalue weighted by Gasteiger charge is -2.02. The van der Waals surface area contributed by atoms with Crippen LogP contribution in [-0.4, -0.2) is 29.8 Å². The van der Waals surface area contributed by atoms with Gasteiger partial charge in [0.1, 0.15) is 17.3 Å². The molecule has 100 valence electrons. The fourth-order valence-corrected chi connectivity index (χ4v) is 2.28. The molecule has 0 spiro atoms. The molecule has 0 aliphatic carbocycles. The maximum absolute atomic E-state index is 10.7. The summed E-state index contributed by atoms with van der Waals surface area (Å²) in [5.41, 5.74) is 0.331. The van der Waals surface area contributed by atoms with Gasteiger partial charge >= 0.3 is 0 Å². The van der Waals surface area contributed by atoms with E-state index < -0.39 is 4.92 Å². The van der Waals surface area contributed by atoms with Crippen molar-refractivity contribution in [3.05, 3.63) is 33.8 Å². The van der Waals surface area contributed by atoms with Crippen LogP contribution in [0.2, 0.25) is 0 Å². The third-order valence-corrected chi connectivity index (χ3v) is 3.47. The van der Waals surface area contributed by atoms with Crippen molar-refractivity contribution in [2.24, 2.45) is 7.05 Å². The SMILES string of the molecule is Cc1nc(Sc2nnc(CO)n2C)ccc1[N+](=O)[O-]. The number of hydrogen-bond acceptors (Lipinski definition) is 7. The average molecular weight is 281 g/mol. The number of aromatic nitrogens is 4. The minimum atomic E-state index is -0.469. The van der Waals surface area contributed by atoms with Gasteiger partial charge in [-0.2, -0.15) is 0 Å². The van der Waals surface area contributed by atoms with E-state index in [1.807, 2.05) is 0 Å². The molecule has 2 heterocycles. The van der Waals surface area contributed by atoms with E-state index in [0.717, 1.165) is 0 Å². The topological polar surface area (TPSA) is 107 Å². The summed E-state index contributed by atoms with van der Waals surface area (Å²) in [4.78, 5) is 14.4. The highest BCUT2D eigenvalue weighted by molar-refractivity contribution is 7.99. The number of aliphatic hydroxyl groups is 1. The smallest absolute Gasteiger partial charge is 0.290 e. The first-order chi connectivity index (χ1) is 9.02. The Bertz CT molecular complexity index is 628. The number of hydrogen-bond donors (Lipinski definition) is 1. The van der Waals surface area contributed by atoms with Crippen LogP contribution in [0.3, 0.4) is 0 Å². The Labute approximate surface area is 112 Å². The number of nitrogens with zero attached hydrogens (tertiary/aromatic N) is 5. The number of rotatable bonds is 4. The fourth-order valence-electron chi connectivity index (χ4n) is 1.45. The largest absolute Gasteiger partial charge is 0.388 e. The number of aryl methyl sites for hydroxylation is 1. The molecule has 2 rings (SSSR count). The second-order valence-electron chi connectivity index (χ2n) is 3.73. The zero-order chi connectivity index (χ0) is 14.0. The first-order valence-corrected chi connectivity index (χ1v) is 6.13. The van der Waals surface area contributed by atoms with E-state index in [-0.39, 0.29) is 12.3 Å². The van der Waals surface area contributed by atoms with Gasteiger partial charge in [0.2, 0.25) is 0 Å². The summed E-state index contributed by atoms with van der Waals surface area (Å²) in [6.45, 7) is 1.38. The summed E-state index contributed by atoms with van der Waals surface area (Å²) in [6.07, 6.45) is 0. The van der Waals surface area contributed by atoms with Gasteiger partial charge in [-0.1, -0.05) is 0 Å². The minimum absolute atomic E-state index is 0.0154. The van der Waals surface area contributed by atoms with Crippen LogP contribution in [0.1, 0.15) is 11.5 Å². The molecule has 2 aromatic heterocycles. The lowest BCUT2D eigenvalue weighted by Crippen LogP contribution is -1.99. The standard InChI is InChI=1S/C10H11N5O3S/c1-6-7(15(17)18)3-4-9(11-6)19-10-13-12-8(5-16)14(10)2/h3-4,16H,5H2,1-2H3. The quantitative estimate of drug-likeness (QED) is 0.659.